The zero-order valence-electron chi connectivity index (χ0n) is 18.9. The van der Waals surface area contributed by atoms with Gasteiger partial charge in [0.1, 0.15) is 0 Å². The number of fused-ring (bicyclic) bond motifs is 6. The molecule has 4 aromatic carbocycles. The molecule has 5 heteroatoms. The van der Waals surface area contributed by atoms with Crippen molar-refractivity contribution in [3.05, 3.63) is 112 Å². The van der Waals surface area contributed by atoms with Crippen molar-refractivity contribution in [2.24, 2.45) is 0 Å². The molecule has 0 amide bonds. The zero-order chi connectivity index (χ0) is 24.2. The molecule has 3 aromatic heterocycles. The summed E-state index contributed by atoms with van der Waals surface area (Å²) in [7, 11) is 0. The lowest BCUT2D eigenvalue weighted by atomic mass is 9.98. The van der Waals surface area contributed by atoms with Gasteiger partial charge in [0, 0.05) is 41.6 Å². The van der Waals surface area contributed by atoms with E-state index in [9.17, 15) is 0 Å². The second-order valence-electron chi connectivity index (χ2n) is 8.76. The second-order valence-corrected chi connectivity index (χ2v) is 10.6. The monoisotopic (exact) mass is 589 g/mol. The Labute approximate surface area is 224 Å². The highest BCUT2D eigenvalue weighted by Gasteiger charge is 2.16. The minimum Gasteiger partial charge on any atom is -0.227 e. The molecule has 0 aliphatic carbocycles. The van der Waals surface area contributed by atoms with E-state index in [1.165, 1.54) is 0 Å². The van der Waals surface area contributed by atoms with Crippen LogP contribution in [0.15, 0.2) is 112 Å². The Morgan fingerprint density at radius 3 is 1.28 bits per heavy atom. The molecule has 3 nitrogen and oxygen atoms in total. The predicted molar refractivity (Wildman–Crippen MR) is 156 cm³/mol. The molecule has 0 radical (unpaired) electrons. The molecule has 0 aliphatic heterocycles. The van der Waals surface area contributed by atoms with Crippen LogP contribution >= 0.6 is 31.9 Å². The fourth-order valence-electron chi connectivity index (χ4n) is 4.92. The number of hydrogen-bond donors (Lipinski definition) is 0. The van der Waals surface area contributed by atoms with Crippen molar-refractivity contribution in [2.45, 2.75) is 0 Å². The molecule has 0 saturated heterocycles. The van der Waals surface area contributed by atoms with Gasteiger partial charge in [-0.1, -0.05) is 105 Å². The maximum atomic E-state index is 5.08. The van der Waals surface area contributed by atoms with E-state index in [0.29, 0.717) is 11.3 Å². The van der Waals surface area contributed by atoms with Gasteiger partial charge in [0.2, 0.25) is 0 Å². The van der Waals surface area contributed by atoms with Gasteiger partial charge in [0.25, 0.3) is 0 Å². The molecule has 0 spiro atoms. The summed E-state index contributed by atoms with van der Waals surface area (Å²) in [4.78, 5) is 15.2. The molecule has 0 aliphatic rings. The largest absolute Gasteiger partial charge is 0.227 e. The third-order valence-corrected chi connectivity index (χ3v) is 7.55. The molecule has 36 heavy (non-hydrogen) atoms. The van der Waals surface area contributed by atoms with Crippen LogP contribution in [0.5, 0.6) is 0 Å². The minimum atomic E-state index is 0.688. The number of benzene rings is 4. The fourth-order valence-corrected chi connectivity index (χ4v) is 5.64. The molecule has 3 heterocycles. The van der Waals surface area contributed by atoms with Crippen molar-refractivity contribution in [3.63, 3.8) is 0 Å². The van der Waals surface area contributed by atoms with Gasteiger partial charge in [-0.05, 0) is 41.1 Å². The van der Waals surface area contributed by atoms with Crippen molar-refractivity contribution in [3.8, 4) is 22.5 Å². The van der Waals surface area contributed by atoms with E-state index >= 15 is 0 Å². The molecule has 0 N–H and O–H groups in total. The van der Waals surface area contributed by atoms with Crippen LogP contribution in [0, 0.1) is 0 Å². The lowest BCUT2D eigenvalue weighted by Crippen LogP contribution is -1.96. The predicted octanol–water partition coefficient (Wildman–Crippen LogP) is 9.34. The summed E-state index contributed by atoms with van der Waals surface area (Å²) >= 11 is 7.35. The van der Waals surface area contributed by atoms with Crippen LogP contribution in [0.3, 0.4) is 0 Å². The molecule has 0 fully saturated rings. The van der Waals surface area contributed by atoms with Gasteiger partial charge in [0.15, 0.2) is 11.3 Å². The molecule has 0 saturated carbocycles. The number of halogens is 2. The average molecular weight is 591 g/mol. The van der Waals surface area contributed by atoms with Gasteiger partial charge in [-0.25, -0.2) is 15.0 Å². The lowest BCUT2D eigenvalue weighted by molar-refractivity contribution is 1.29. The molecule has 170 valence electrons. The van der Waals surface area contributed by atoms with Gasteiger partial charge < -0.3 is 0 Å². The number of pyridine rings is 3. The van der Waals surface area contributed by atoms with Crippen LogP contribution in [-0.4, -0.2) is 15.0 Å². The normalized spacial score (nSPS) is 11.6. The highest BCUT2D eigenvalue weighted by Crippen LogP contribution is 2.38. The van der Waals surface area contributed by atoms with E-state index in [1.54, 1.807) is 0 Å². The topological polar surface area (TPSA) is 38.7 Å². The maximum absolute atomic E-state index is 5.08. The summed E-state index contributed by atoms with van der Waals surface area (Å²) in [6.07, 6.45) is 0. The summed E-state index contributed by atoms with van der Waals surface area (Å²) in [5.41, 5.74) is 5.34. The number of hydrogen-bond acceptors (Lipinski definition) is 3. The van der Waals surface area contributed by atoms with E-state index < -0.39 is 0 Å². The Kier molecular flexibility index (Phi) is 5.08. The van der Waals surface area contributed by atoms with Crippen LogP contribution < -0.4 is 0 Å². The Morgan fingerprint density at radius 2 is 0.833 bits per heavy atom. The van der Waals surface area contributed by atoms with Gasteiger partial charge in [-0.15, -0.1) is 0 Å². The Bertz CT molecular complexity index is 1810. The van der Waals surface area contributed by atoms with Crippen molar-refractivity contribution >= 4 is 75.5 Å². The minimum absolute atomic E-state index is 0.688. The zero-order valence-corrected chi connectivity index (χ0v) is 22.1. The van der Waals surface area contributed by atoms with Crippen molar-refractivity contribution < 1.29 is 0 Å². The van der Waals surface area contributed by atoms with Crippen LogP contribution in [0.2, 0.25) is 0 Å². The molecule has 0 bridgehead atoms. The highest BCUT2D eigenvalue weighted by molar-refractivity contribution is 9.10. The lowest BCUT2D eigenvalue weighted by Gasteiger charge is -2.13. The first kappa shape index (κ1) is 21.6. The quantitative estimate of drug-likeness (QED) is 0.149. The molecule has 7 rings (SSSR count). The van der Waals surface area contributed by atoms with E-state index in [1.807, 2.05) is 36.4 Å². The van der Waals surface area contributed by atoms with Crippen molar-refractivity contribution in [2.75, 3.05) is 0 Å². The first-order valence-corrected chi connectivity index (χ1v) is 13.2. The van der Waals surface area contributed by atoms with E-state index in [-0.39, 0.29) is 0 Å². The Hall–Kier alpha value is -3.67. The molecular weight excluding hydrogens is 574 g/mol. The van der Waals surface area contributed by atoms with Gasteiger partial charge in [-0.2, -0.15) is 0 Å². The Morgan fingerprint density at radius 1 is 0.389 bits per heavy atom. The number of nitrogens with zero attached hydrogens (tertiary/aromatic N) is 3. The third-order valence-electron chi connectivity index (χ3n) is 6.57. The van der Waals surface area contributed by atoms with E-state index in [4.69, 9.17) is 15.0 Å². The van der Waals surface area contributed by atoms with Crippen LogP contribution in [-0.2, 0) is 0 Å². The van der Waals surface area contributed by atoms with E-state index in [0.717, 1.165) is 63.8 Å². The summed E-state index contributed by atoms with van der Waals surface area (Å²) in [5, 5.41) is 6.42. The van der Waals surface area contributed by atoms with E-state index in [2.05, 4.69) is 98.6 Å². The molecular formula is C31H17Br2N3. The third kappa shape index (κ3) is 3.50. The molecule has 0 unspecified atom stereocenters. The molecule has 7 aromatic rings. The van der Waals surface area contributed by atoms with Gasteiger partial charge >= 0.3 is 0 Å². The summed E-state index contributed by atoms with van der Waals surface area (Å²) in [5.74, 6) is 0. The highest BCUT2D eigenvalue weighted by atomic mass is 79.9. The van der Waals surface area contributed by atoms with Crippen molar-refractivity contribution in [1.29, 1.82) is 0 Å². The molecule has 0 atom stereocenters. The van der Waals surface area contributed by atoms with Crippen LogP contribution in [0.4, 0.5) is 0 Å². The maximum Gasteiger partial charge on any atom is 0.162 e. The van der Waals surface area contributed by atoms with Gasteiger partial charge in [-0.3, -0.25) is 0 Å². The second kappa shape index (κ2) is 8.47. The summed E-state index contributed by atoms with van der Waals surface area (Å²) in [6, 6.07) is 35.5. The smallest absolute Gasteiger partial charge is 0.162 e. The fraction of sp³-hybridized carbons (Fsp3) is 0. The average Bonchev–Trinajstić information content (AvgIpc) is 2.92. The van der Waals surface area contributed by atoms with Crippen LogP contribution in [0.1, 0.15) is 0 Å². The number of aromatic nitrogens is 3. The van der Waals surface area contributed by atoms with Crippen molar-refractivity contribution in [1.82, 2.24) is 15.0 Å². The Balaban J connectivity index is 1.65. The standard InChI is InChI=1S/C31H17Br2N3/c32-20-11-13-22-24(15-20)26-17-27-25-16-21(33)12-14-23(25)29(19-9-5-2-6-10-19)35-31(27)36-30(26)34-28(22)18-7-3-1-4-8-18/h1-17H. The summed E-state index contributed by atoms with van der Waals surface area (Å²) < 4.78 is 2.04. The van der Waals surface area contributed by atoms with Crippen LogP contribution in [0.25, 0.3) is 66.1 Å². The first-order chi connectivity index (χ1) is 17.7. The number of rotatable bonds is 2. The summed E-state index contributed by atoms with van der Waals surface area (Å²) in [6.45, 7) is 0. The first-order valence-electron chi connectivity index (χ1n) is 11.6. The van der Waals surface area contributed by atoms with Gasteiger partial charge in [0.05, 0.1) is 11.4 Å². The SMILES string of the molecule is Brc1ccc2c(-c3ccccc3)nc3nc4nc(-c5ccccc5)c5ccc(Br)cc5c4cc3c2c1.